The number of amides is 1. The standard InChI is InChI=1S/C18H22N4O2S/c23-18-17-15-12(16(25-17)11-8-19-20-9-11)4-3-6-22(15)10-13(21-18)14-5-1-2-7-24-14/h8-9,13-14H,1-7,10H2,(H,19,20)(H,21,23)/t13-,14-/m1/s1. The fourth-order valence-electron chi connectivity index (χ4n) is 4.34. The van der Waals surface area contributed by atoms with E-state index >= 15 is 0 Å². The number of thiophene rings is 1. The van der Waals surface area contributed by atoms with Gasteiger partial charge in [-0.3, -0.25) is 9.89 Å². The van der Waals surface area contributed by atoms with Gasteiger partial charge >= 0.3 is 0 Å². The fraction of sp³-hybridized carbons (Fsp3) is 0.556. The molecule has 2 aromatic rings. The average molecular weight is 358 g/mol. The molecule has 25 heavy (non-hydrogen) atoms. The summed E-state index contributed by atoms with van der Waals surface area (Å²) in [4.78, 5) is 17.4. The third kappa shape index (κ3) is 2.57. The predicted molar refractivity (Wildman–Crippen MR) is 97.3 cm³/mol. The van der Waals surface area contributed by atoms with Crippen LogP contribution in [0.2, 0.25) is 0 Å². The molecule has 0 radical (unpaired) electrons. The normalized spacial score (nSPS) is 26.1. The number of carbonyl (C=O) groups is 1. The molecule has 132 valence electrons. The number of anilines is 1. The number of ether oxygens (including phenoxy) is 1. The van der Waals surface area contributed by atoms with Crippen LogP contribution in [0.4, 0.5) is 5.69 Å². The van der Waals surface area contributed by atoms with Gasteiger partial charge in [-0.2, -0.15) is 5.10 Å². The van der Waals surface area contributed by atoms with E-state index in [9.17, 15) is 4.79 Å². The Morgan fingerprint density at radius 2 is 2.24 bits per heavy atom. The van der Waals surface area contributed by atoms with Gasteiger partial charge in [-0.05, 0) is 37.7 Å². The van der Waals surface area contributed by atoms with Crippen molar-refractivity contribution in [1.82, 2.24) is 15.5 Å². The molecule has 0 aliphatic carbocycles. The minimum Gasteiger partial charge on any atom is -0.376 e. The van der Waals surface area contributed by atoms with Gasteiger partial charge in [0.25, 0.3) is 5.91 Å². The van der Waals surface area contributed by atoms with Crippen LogP contribution in [0.1, 0.15) is 40.9 Å². The molecule has 1 amide bonds. The second-order valence-electron chi connectivity index (χ2n) is 7.11. The van der Waals surface area contributed by atoms with E-state index in [4.69, 9.17) is 4.74 Å². The molecular weight excluding hydrogens is 336 g/mol. The molecule has 0 unspecified atom stereocenters. The van der Waals surface area contributed by atoms with Crippen LogP contribution in [0.25, 0.3) is 10.4 Å². The summed E-state index contributed by atoms with van der Waals surface area (Å²) < 4.78 is 5.97. The number of aromatic amines is 1. The topological polar surface area (TPSA) is 70.2 Å². The van der Waals surface area contributed by atoms with Crippen LogP contribution in [0.3, 0.4) is 0 Å². The molecule has 3 aliphatic rings. The Labute approximate surface area is 150 Å². The van der Waals surface area contributed by atoms with Gasteiger partial charge in [0, 0.05) is 36.3 Å². The molecule has 7 heteroatoms. The lowest BCUT2D eigenvalue weighted by molar-refractivity contribution is -0.00489. The van der Waals surface area contributed by atoms with Crippen LogP contribution >= 0.6 is 11.3 Å². The molecule has 6 nitrogen and oxygen atoms in total. The van der Waals surface area contributed by atoms with Gasteiger partial charge in [-0.15, -0.1) is 11.3 Å². The van der Waals surface area contributed by atoms with Crippen molar-refractivity contribution < 1.29 is 9.53 Å². The second-order valence-corrected chi connectivity index (χ2v) is 8.13. The highest BCUT2D eigenvalue weighted by atomic mass is 32.1. The summed E-state index contributed by atoms with van der Waals surface area (Å²) in [5, 5.41) is 10.2. The zero-order valence-corrected chi connectivity index (χ0v) is 14.9. The maximum atomic E-state index is 13.0. The first-order chi connectivity index (χ1) is 12.3. The first-order valence-corrected chi connectivity index (χ1v) is 9.95. The highest BCUT2D eigenvalue weighted by Gasteiger charge is 2.37. The van der Waals surface area contributed by atoms with Crippen molar-refractivity contribution in [3.05, 3.63) is 22.8 Å². The molecule has 0 saturated carbocycles. The van der Waals surface area contributed by atoms with Gasteiger partial charge in [-0.25, -0.2) is 0 Å². The van der Waals surface area contributed by atoms with Crippen molar-refractivity contribution in [2.45, 2.75) is 44.2 Å². The summed E-state index contributed by atoms with van der Waals surface area (Å²) in [6.07, 6.45) is 9.42. The summed E-state index contributed by atoms with van der Waals surface area (Å²) in [6.45, 7) is 2.67. The molecule has 2 aromatic heterocycles. The smallest absolute Gasteiger partial charge is 0.263 e. The van der Waals surface area contributed by atoms with Gasteiger partial charge in [-0.1, -0.05) is 0 Å². The first-order valence-electron chi connectivity index (χ1n) is 9.13. The molecule has 0 aromatic carbocycles. The van der Waals surface area contributed by atoms with Gasteiger partial charge in [0.1, 0.15) is 4.88 Å². The van der Waals surface area contributed by atoms with E-state index in [-0.39, 0.29) is 18.1 Å². The van der Waals surface area contributed by atoms with Crippen LogP contribution < -0.4 is 10.2 Å². The second kappa shape index (κ2) is 6.14. The summed E-state index contributed by atoms with van der Waals surface area (Å²) in [6, 6.07) is 0.0794. The third-order valence-corrected chi connectivity index (χ3v) is 6.78. The van der Waals surface area contributed by atoms with E-state index in [2.05, 4.69) is 20.4 Å². The Morgan fingerprint density at radius 3 is 3.04 bits per heavy atom. The van der Waals surface area contributed by atoms with Crippen molar-refractivity contribution in [1.29, 1.82) is 0 Å². The van der Waals surface area contributed by atoms with E-state index in [0.29, 0.717) is 0 Å². The number of nitrogens with zero attached hydrogens (tertiary/aromatic N) is 2. The summed E-state index contributed by atoms with van der Waals surface area (Å²) in [5.41, 5.74) is 3.55. The van der Waals surface area contributed by atoms with Crippen LogP contribution in [0.5, 0.6) is 0 Å². The van der Waals surface area contributed by atoms with Crippen molar-refractivity contribution in [3.63, 3.8) is 0 Å². The van der Waals surface area contributed by atoms with Crippen LogP contribution in [0, 0.1) is 0 Å². The molecule has 1 saturated heterocycles. The molecule has 2 N–H and O–H groups in total. The zero-order chi connectivity index (χ0) is 16.8. The van der Waals surface area contributed by atoms with Gasteiger partial charge in [0.2, 0.25) is 0 Å². The summed E-state index contributed by atoms with van der Waals surface area (Å²) in [7, 11) is 0. The molecule has 1 fully saturated rings. The number of hydrogen-bond acceptors (Lipinski definition) is 5. The Kier molecular flexibility index (Phi) is 3.78. The van der Waals surface area contributed by atoms with Gasteiger partial charge in [0.05, 0.1) is 24.0 Å². The van der Waals surface area contributed by atoms with Crippen LogP contribution in [0.15, 0.2) is 12.4 Å². The maximum absolute atomic E-state index is 13.0. The van der Waals surface area contributed by atoms with Crippen LogP contribution in [-0.4, -0.2) is 47.9 Å². The van der Waals surface area contributed by atoms with Crippen molar-refractivity contribution in [2.75, 3.05) is 24.6 Å². The Morgan fingerprint density at radius 1 is 1.28 bits per heavy atom. The minimum absolute atomic E-state index is 0.0552. The maximum Gasteiger partial charge on any atom is 0.263 e. The van der Waals surface area contributed by atoms with Gasteiger partial charge < -0.3 is 15.0 Å². The quantitative estimate of drug-likeness (QED) is 0.866. The Bertz CT molecular complexity index is 779. The molecule has 5 heterocycles. The molecular formula is C18H22N4O2S. The number of hydrogen-bond donors (Lipinski definition) is 2. The number of nitrogens with one attached hydrogen (secondary N) is 2. The third-order valence-electron chi connectivity index (χ3n) is 5.51. The lowest BCUT2D eigenvalue weighted by Gasteiger charge is -2.35. The van der Waals surface area contributed by atoms with Crippen molar-refractivity contribution in [2.24, 2.45) is 0 Å². The lowest BCUT2D eigenvalue weighted by atomic mass is 9.98. The Balaban J connectivity index is 1.53. The highest BCUT2D eigenvalue weighted by Crippen LogP contribution is 2.45. The number of H-pyrrole nitrogens is 1. The number of carbonyl (C=O) groups excluding carboxylic acids is 1. The van der Waals surface area contributed by atoms with E-state index in [1.807, 2.05) is 12.4 Å². The van der Waals surface area contributed by atoms with Crippen molar-refractivity contribution in [3.8, 4) is 10.4 Å². The molecule has 3 aliphatic heterocycles. The molecule has 5 rings (SSSR count). The van der Waals surface area contributed by atoms with E-state index in [1.54, 1.807) is 11.3 Å². The number of rotatable bonds is 2. The van der Waals surface area contributed by atoms with E-state index in [1.165, 1.54) is 16.9 Å². The largest absolute Gasteiger partial charge is 0.376 e. The monoisotopic (exact) mass is 358 g/mol. The minimum atomic E-state index is 0.0552. The Hall–Kier alpha value is -1.86. The van der Waals surface area contributed by atoms with Crippen LogP contribution in [-0.2, 0) is 11.2 Å². The number of aromatic nitrogens is 2. The van der Waals surface area contributed by atoms with E-state index < -0.39 is 0 Å². The molecule has 0 spiro atoms. The molecule has 2 atom stereocenters. The summed E-state index contributed by atoms with van der Waals surface area (Å²) >= 11 is 1.60. The predicted octanol–water partition coefficient (Wildman–Crippen LogP) is 2.57. The van der Waals surface area contributed by atoms with E-state index in [0.717, 1.165) is 61.5 Å². The summed E-state index contributed by atoms with van der Waals surface area (Å²) in [5.74, 6) is 0.0552. The SMILES string of the molecule is O=C1N[C@@H]([C@H]2CCCCO2)CN2CCCc3c(-c4cn[nH]c4)sc1c32. The highest BCUT2D eigenvalue weighted by molar-refractivity contribution is 7.18. The molecule has 0 bridgehead atoms. The zero-order valence-electron chi connectivity index (χ0n) is 14.1. The van der Waals surface area contributed by atoms with Gasteiger partial charge in [0.15, 0.2) is 0 Å². The fourth-order valence-corrected chi connectivity index (χ4v) is 5.59. The van der Waals surface area contributed by atoms with Crippen molar-refractivity contribution >= 4 is 22.9 Å². The first kappa shape index (κ1) is 15.4. The average Bonchev–Trinajstić information content (AvgIpc) is 3.26. The lowest BCUT2D eigenvalue weighted by Crippen LogP contribution is -2.50.